The van der Waals surface area contributed by atoms with Gasteiger partial charge in [-0.3, -0.25) is 4.79 Å². The van der Waals surface area contributed by atoms with E-state index in [1.54, 1.807) is 0 Å². The quantitative estimate of drug-likeness (QED) is 0.825. The van der Waals surface area contributed by atoms with Crippen LogP contribution in [0.25, 0.3) is 5.65 Å². The van der Waals surface area contributed by atoms with Gasteiger partial charge >= 0.3 is 0 Å². The summed E-state index contributed by atoms with van der Waals surface area (Å²) in [5.74, 6) is -0.395. The fraction of sp³-hybridized carbons (Fsp3) is 0.385. The van der Waals surface area contributed by atoms with Crippen LogP contribution in [-0.4, -0.2) is 36.0 Å². The minimum atomic E-state index is -3.41. The molecule has 0 aliphatic rings. The number of carbonyl (C=O) groups excluding carboxylic acids is 1. The van der Waals surface area contributed by atoms with Gasteiger partial charge < -0.3 is 9.72 Å². The van der Waals surface area contributed by atoms with Crippen LogP contribution in [0.1, 0.15) is 18.2 Å². The molecular weight excluding hydrogens is 292 g/mol. The molecule has 0 saturated carbocycles. The molecule has 0 fully saturated rings. The smallest absolute Gasteiger partial charge is 0.238 e. The number of carbonyl (C=O) groups is 1. The van der Waals surface area contributed by atoms with Crippen molar-refractivity contribution in [2.75, 3.05) is 6.26 Å². The van der Waals surface area contributed by atoms with Crippen LogP contribution < -0.4 is 10.0 Å². The zero-order chi connectivity index (χ0) is 15.6. The second kappa shape index (κ2) is 5.82. The van der Waals surface area contributed by atoms with Crippen LogP contribution >= 0.6 is 0 Å². The maximum absolute atomic E-state index is 11.8. The number of nitrogens with zero attached hydrogens (tertiary/aromatic N) is 2. The number of nitrogens with one attached hydrogen (secondary N) is 2. The topological polar surface area (TPSA) is 92.6 Å². The van der Waals surface area contributed by atoms with E-state index < -0.39 is 22.0 Å². The van der Waals surface area contributed by atoms with Gasteiger partial charge in [0.25, 0.3) is 0 Å². The van der Waals surface area contributed by atoms with Crippen LogP contribution in [0, 0.1) is 6.92 Å². The normalized spacial score (nSPS) is 13.3. The molecule has 114 valence electrons. The molecule has 2 aromatic heterocycles. The number of imidazole rings is 1. The summed E-state index contributed by atoms with van der Waals surface area (Å²) in [5.41, 5.74) is 2.62. The molecule has 0 saturated heterocycles. The second-order valence-corrected chi connectivity index (χ2v) is 6.81. The van der Waals surface area contributed by atoms with Crippen LogP contribution in [0.2, 0.25) is 0 Å². The average molecular weight is 310 g/mol. The number of fused-ring (bicyclic) bond motifs is 1. The summed E-state index contributed by atoms with van der Waals surface area (Å²) in [6.45, 7) is 3.72. The van der Waals surface area contributed by atoms with Crippen LogP contribution in [0.3, 0.4) is 0 Å². The van der Waals surface area contributed by atoms with Crippen molar-refractivity contribution in [2.24, 2.45) is 0 Å². The number of sulfonamides is 1. The third-order valence-electron chi connectivity index (χ3n) is 2.89. The minimum Gasteiger partial charge on any atom is -0.349 e. The second-order valence-electron chi connectivity index (χ2n) is 5.03. The van der Waals surface area contributed by atoms with Crippen LogP contribution in [0.15, 0.2) is 24.5 Å². The maximum atomic E-state index is 11.8. The highest BCUT2D eigenvalue weighted by atomic mass is 32.2. The highest BCUT2D eigenvalue weighted by molar-refractivity contribution is 7.88. The lowest BCUT2D eigenvalue weighted by molar-refractivity contribution is -0.122. The van der Waals surface area contributed by atoms with Gasteiger partial charge in [0.05, 0.1) is 24.5 Å². The minimum absolute atomic E-state index is 0.245. The first kappa shape index (κ1) is 15.5. The maximum Gasteiger partial charge on any atom is 0.238 e. The molecule has 0 radical (unpaired) electrons. The van der Waals surface area contributed by atoms with Crippen LogP contribution in [0.4, 0.5) is 0 Å². The Hall–Kier alpha value is -1.93. The van der Waals surface area contributed by atoms with Crippen LogP contribution in [-0.2, 0) is 21.4 Å². The van der Waals surface area contributed by atoms with E-state index in [1.807, 2.05) is 35.9 Å². The van der Waals surface area contributed by atoms with Gasteiger partial charge in [-0.2, -0.15) is 0 Å². The number of aromatic nitrogens is 2. The van der Waals surface area contributed by atoms with Gasteiger partial charge in [-0.15, -0.1) is 0 Å². The lowest BCUT2D eigenvalue weighted by atomic mass is 10.3. The SMILES string of the molecule is Cc1ccn2cc(CNC(=O)C(C)NS(C)(=O)=O)nc2c1. The van der Waals surface area contributed by atoms with Gasteiger partial charge in [0.2, 0.25) is 15.9 Å². The van der Waals surface area contributed by atoms with E-state index in [1.165, 1.54) is 6.92 Å². The van der Waals surface area contributed by atoms with Gasteiger partial charge in [-0.05, 0) is 31.5 Å². The molecule has 7 nitrogen and oxygen atoms in total. The lowest BCUT2D eigenvalue weighted by Crippen LogP contribution is -2.44. The predicted molar refractivity (Wildman–Crippen MR) is 79.2 cm³/mol. The van der Waals surface area contributed by atoms with Gasteiger partial charge in [0.1, 0.15) is 5.65 Å². The van der Waals surface area contributed by atoms with E-state index in [4.69, 9.17) is 0 Å². The molecule has 1 unspecified atom stereocenters. The van der Waals surface area contributed by atoms with Gasteiger partial charge in [-0.25, -0.2) is 18.1 Å². The number of hydrogen-bond donors (Lipinski definition) is 2. The summed E-state index contributed by atoms with van der Waals surface area (Å²) in [4.78, 5) is 16.2. The Bertz CT molecular complexity index is 767. The van der Waals surface area contributed by atoms with Crippen molar-refractivity contribution in [3.8, 4) is 0 Å². The summed E-state index contributed by atoms with van der Waals surface area (Å²) < 4.78 is 26.2. The Kier molecular flexibility index (Phi) is 4.29. The highest BCUT2D eigenvalue weighted by Gasteiger charge is 2.16. The summed E-state index contributed by atoms with van der Waals surface area (Å²) in [6, 6.07) is 3.09. The largest absolute Gasteiger partial charge is 0.349 e. The average Bonchev–Trinajstić information content (AvgIpc) is 2.75. The van der Waals surface area contributed by atoms with Crippen LogP contribution in [0.5, 0.6) is 0 Å². The third kappa shape index (κ3) is 4.27. The summed E-state index contributed by atoms with van der Waals surface area (Å²) >= 11 is 0. The van der Waals surface area contributed by atoms with Crippen molar-refractivity contribution in [2.45, 2.75) is 26.4 Å². The molecule has 2 heterocycles. The predicted octanol–water partition coefficient (Wildman–Crippen LogP) is 0.197. The Morgan fingerprint density at radius 3 is 2.86 bits per heavy atom. The van der Waals surface area contributed by atoms with Crippen molar-refractivity contribution < 1.29 is 13.2 Å². The van der Waals surface area contributed by atoms with E-state index in [9.17, 15) is 13.2 Å². The molecule has 0 spiro atoms. The van der Waals surface area contributed by atoms with Crippen molar-refractivity contribution in [3.05, 3.63) is 35.8 Å². The molecule has 21 heavy (non-hydrogen) atoms. The first-order valence-electron chi connectivity index (χ1n) is 6.44. The van der Waals surface area contributed by atoms with Crippen molar-refractivity contribution in [1.82, 2.24) is 19.4 Å². The molecule has 0 aliphatic heterocycles. The van der Waals surface area contributed by atoms with Gasteiger partial charge in [0, 0.05) is 12.4 Å². The molecule has 8 heteroatoms. The lowest BCUT2D eigenvalue weighted by Gasteiger charge is -2.11. The number of aryl methyl sites for hydroxylation is 1. The van der Waals surface area contributed by atoms with E-state index in [0.29, 0.717) is 5.69 Å². The van der Waals surface area contributed by atoms with E-state index in [2.05, 4.69) is 15.0 Å². The number of amides is 1. The standard InChI is InChI=1S/C13H18N4O3S/c1-9-4-5-17-8-11(15-12(17)6-9)7-14-13(18)10(2)16-21(3,19)20/h4-6,8,10,16H,7H2,1-3H3,(H,14,18). The zero-order valence-electron chi connectivity index (χ0n) is 12.1. The molecule has 2 rings (SSSR count). The van der Waals surface area contributed by atoms with Gasteiger partial charge in [0.15, 0.2) is 0 Å². The van der Waals surface area contributed by atoms with E-state index in [0.717, 1.165) is 17.5 Å². The fourth-order valence-electron chi connectivity index (χ4n) is 1.93. The molecule has 0 aromatic carbocycles. The highest BCUT2D eigenvalue weighted by Crippen LogP contribution is 2.07. The van der Waals surface area contributed by atoms with Crippen molar-refractivity contribution in [3.63, 3.8) is 0 Å². The van der Waals surface area contributed by atoms with Crippen molar-refractivity contribution >= 4 is 21.6 Å². The molecular formula is C13H18N4O3S. The molecule has 1 atom stereocenters. The Morgan fingerprint density at radius 1 is 1.48 bits per heavy atom. The Balaban J connectivity index is 1.99. The molecule has 2 N–H and O–H groups in total. The number of hydrogen-bond acceptors (Lipinski definition) is 4. The summed E-state index contributed by atoms with van der Waals surface area (Å²) in [7, 11) is -3.41. The van der Waals surface area contributed by atoms with Gasteiger partial charge in [-0.1, -0.05) is 0 Å². The third-order valence-corrected chi connectivity index (χ3v) is 3.68. The molecule has 2 aromatic rings. The molecule has 1 amide bonds. The number of pyridine rings is 1. The zero-order valence-corrected chi connectivity index (χ0v) is 12.9. The first-order chi connectivity index (χ1) is 9.74. The Morgan fingerprint density at radius 2 is 2.19 bits per heavy atom. The summed E-state index contributed by atoms with van der Waals surface area (Å²) in [5, 5.41) is 2.66. The van der Waals surface area contributed by atoms with E-state index >= 15 is 0 Å². The molecule has 0 aliphatic carbocycles. The Labute approximate surface area is 123 Å². The fourth-order valence-corrected chi connectivity index (χ4v) is 2.68. The first-order valence-corrected chi connectivity index (χ1v) is 8.33. The van der Waals surface area contributed by atoms with E-state index in [-0.39, 0.29) is 6.54 Å². The molecule has 0 bridgehead atoms. The number of rotatable bonds is 5. The van der Waals surface area contributed by atoms with Crippen molar-refractivity contribution in [1.29, 1.82) is 0 Å². The monoisotopic (exact) mass is 310 g/mol. The summed E-state index contributed by atoms with van der Waals surface area (Å²) in [6.07, 6.45) is 4.74.